The van der Waals surface area contributed by atoms with Gasteiger partial charge in [-0.15, -0.1) is 11.3 Å². The molecule has 2 unspecified atom stereocenters. The third-order valence-electron chi connectivity index (χ3n) is 4.90. The van der Waals surface area contributed by atoms with Gasteiger partial charge in [-0.25, -0.2) is 9.35 Å². The number of nitrogens with zero attached hydrogens (tertiary/aromatic N) is 1. The second kappa shape index (κ2) is 6.01. The third kappa shape index (κ3) is 3.48. The van der Waals surface area contributed by atoms with Gasteiger partial charge in [0.25, 0.3) is 0 Å². The maximum Gasteiger partial charge on any atom is 0.195 e. The number of thiophene rings is 1. The Morgan fingerprint density at radius 3 is 2.64 bits per heavy atom. The van der Waals surface area contributed by atoms with Gasteiger partial charge in [-0.3, -0.25) is 4.03 Å². The van der Waals surface area contributed by atoms with Crippen molar-refractivity contribution in [3.05, 3.63) is 16.5 Å². The highest BCUT2D eigenvalue weighted by atomic mass is 32.2. The van der Waals surface area contributed by atoms with Crippen LogP contribution >= 0.6 is 11.3 Å². The molecule has 22 heavy (non-hydrogen) atoms. The van der Waals surface area contributed by atoms with Gasteiger partial charge in [0.15, 0.2) is 8.24 Å². The van der Waals surface area contributed by atoms with Crippen molar-refractivity contribution in [1.82, 2.24) is 0 Å². The normalized spacial score (nSPS) is 22.0. The Morgan fingerprint density at radius 1 is 1.45 bits per heavy atom. The zero-order chi connectivity index (χ0) is 16.8. The van der Waals surface area contributed by atoms with E-state index in [2.05, 4.69) is 39.2 Å². The fourth-order valence-electron chi connectivity index (χ4n) is 2.45. The lowest BCUT2D eigenvalue weighted by Crippen LogP contribution is -2.37. The van der Waals surface area contributed by atoms with Gasteiger partial charge in [0.1, 0.15) is 14.1 Å². The molecule has 0 amide bonds. The zero-order valence-electron chi connectivity index (χ0n) is 14.4. The Morgan fingerprint density at radius 2 is 2.09 bits per heavy atom. The van der Waals surface area contributed by atoms with Crippen molar-refractivity contribution in [3.8, 4) is 0 Å². The van der Waals surface area contributed by atoms with Crippen LogP contribution in [-0.4, -0.2) is 25.7 Å². The minimum Gasteiger partial charge on any atom is -0.381 e. The largest absolute Gasteiger partial charge is 0.381 e. The van der Waals surface area contributed by atoms with Crippen LogP contribution in [0.3, 0.4) is 0 Å². The minimum atomic E-state index is -2.81. The van der Waals surface area contributed by atoms with Gasteiger partial charge in [-0.1, -0.05) is 20.8 Å². The quantitative estimate of drug-likeness (QED) is 0.829. The number of ether oxygens (including phenoxy) is 1. The third-order valence-corrected chi connectivity index (χ3v) is 14.1. The highest BCUT2D eigenvalue weighted by molar-refractivity contribution is 7.94. The minimum absolute atomic E-state index is 0.0352. The van der Waals surface area contributed by atoms with Crippen LogP contribution in [-0.2, 0) is 27.5 Å². The van der Waals surface area contributed by atoms with E-state index in [-0.39, 0.29) is 11.1 Å². The molecule has 1 aliphatic rings. The number of hydrogen-bond donors (Lipinski definition) is 1. The van der Waals surface area contributed by atoms with Crippen LogP contribution in [0.15, 0.2) is 13.6 Å². The predicted octanol–water partition coefficient (Wildman–Crippen LogP) is 3.96. The topological polar surface area (TPSA) is 64.7 Å². The summed E-state index contributed by atoms with van der Waals surface area (Å²) in [6.07, 6.45) is 3.00. The first-order chi connectivity index (χ1) is 9.98. The van der Waals surface area contributed by atoms with Crippen molar-refractivity contribution < 1.29 is 8.95 Å². The molecule has 0 saturated heterocycles. The van der Waals surface area contributed by atoms with Crippen LogP contribution in [0.5, 0.6) is 0 Å². The van der Waals surface area contributed by atoms with Crippen molar-refractivity contribution in [2.24, 2.45) is 9.17 Å². The molecule has 0 aliphatic heterocycles. The van der Waals surface area contributed by atoms with Gasteiger partial charge >= 0.3 is 0 Å². The Balaban J connectivity index is 2.45. The Labute approximate surface area is 139 Å². The maximum atomic E-state index is 13.2. The van der Waals surface area contributed by atoms with Crippen molar-refractivity contribution in [1.29, 1.82) is 0 Å². The molecule has 1 aliphatic carbocycles. The second-order valence-electron chi connectivity index (χ2n) is 7.60. The van der Waals surface area contributed by atoms with Crippen LogP contribution in [0.1, 0.15) is 38.3 Å². The summed E-state index contributed by atoms with van der Waals surface area (Å²) in [7, 11) is -3.11. The summed E-state index contributed by atoms with van der Waals surface area (Å²) in [5, 5.41) is 8.35. The lowest BCUT2D eigenvalue weighted by Gasteiger charge is -2.32. The van der Waals surface area contributed by atoms with Crippen LogP contribution < -0.4 is 5.14 Å². The van der Waals surface area contributed by atoms with Gasteiger partial charge in [-0.2, -0.15) is 0 Å². The first kappa shape index (κ1) is 18.1. The van der Waals surface area contributed by atoms with Crippen LogP contribution in [0, 0.1) is 0 Å². The van der Waals surface area contributed by atoms with E-state index in [0.29, 0.717) is 0 Å². The van der Waals surface area contributed by atoms with Crippen molar-refractivity contribution in [2.75, 3.05) is 7.11 Å². The summed E-state index contributed by atoms with van der Waals surface area (Å²) in [6, 6.07) is 0. The summed E-state index contributed by atoms with van der Waals surface area (Å²) in [4.78, 5) is 0. The predicted molar refractivity (Wildman–Crippen MR) is 97.4 cm³/mol. The van der Waals surface area contributed by atoms with Crippen LogP contribution in [0.25, 0.3) is 0 Å². The molecule has 1 aromatic rings. The van der Waals surface area contributed by atoms with Gasteiger partial charge in [0, 0.05) is 7.11 Å². The van der Waals surface area contributed by atoms with Crippen molar-refractivity contribution in [2.45, 2.75) is 68.5 Å². The Hall–Kier alpha value is -0.213. The first-order valence-electron chi connectivity index (χ1n) is 7.66. The van der Waals surface area contributed by atoms with E-state index >= 15 is 0 Å². The van der Waals surface area contributed by atoms with Gasteiger partial charge in [0.2, 0.25) is 0 Å². The average molecular weight is 361 g/mol. The molecule has 1 heterocycles. The molecule has 1 aromatic heterocycles. The molecule has 0 saturated carbocycles. The average Bonchev–Trinajstić information content (AvgIpc) is 2.79. The molecule has 4 nitrogen and oxygen atoms in total. The monoisotopic (exact) mass is 360 g/mol. The van der Waals surface area contributed by atoms with E-state index in [9.17, 15) is 4.21 Å². The highest BCUT2D eigenvalue weighted by Crippen LogP contribution is 2.39. The lowest BCUT2D eigenvalue weighted by atomic mass is 9.93. The number of fused-ring (bicyclic) bond motifs is 1. The summed E-state index contributed by atoms with van der Waals surface area (Å²) >= 11 is 1.51. The summed E-state index contributed by atoms with van der Waals surface area (Å²) < 4.78 is 24.1. The Kier molecular flexibility index (Phi) is 4.96. The number of hydrogen-bond acceptors (Lipinski definition) is 4. The fraction of sp³-hybridized carbons (Fsp3) is 0.733. The molecule has 0 radical (unpaired) electrons. The zero-order valence-corrected chi connectivity index (χ0v) is 17.1. The molecule has 0 bridgehead atoms. The van der Waals surface area contributed by atoms with E-state index in [1.54, 1.807) is 7.11 Å². The molecule has 126 valence electrons. The van der Waals surface area contributed by atoms with Gasteiger partial charge in [0.05, 0.1) is 6.10 Å². The fourth-order valence-corrected chi connectivity index (χ4v) is 9.07. The van der Waals surface area contributed by atoms with E-state index in [4.69, 9.17) is 13.9 Å². The summed E-state index contributed by atoms with van der Waals surface area (Å²) in [5.41, 5.74) is 2.40. The lowest BCUT2D eigenvalue weighted by molar-refractivity contribution is 0.0910. The second-order valence-corrected chi connectivity index (χ2v) is 15.6. The smallest absolute Gasteiger partial charge is 0.195 e. The molecule has 2 N–H and O–H groups in total. The molecule has 0 fully saturated rings. The molecule has 0 spiro atoms. The molecule has 0 aromatic carbocycles. The SMILES string of the molecule is COC1CCc2c(csc2S(N)(=O)=N[Si](C)(C)C(C)(C)C)C1. The standard InChI is InChI=1S/C15H28N2O2S2Si/c1-15(2,3)22(5,6)17-21(16,18)14-13-8-7-12(19-4)9-11(13)10-20-14/h10,12H,7-9H2,1-6H3,(H2,16,17,18). The molecule has 2 rings (SSSR count). The number of nitrogens with two attached hydrogens (primary N) is 1. The summed E-state index contributed by atoms with van der Waals surface area (Å²) in [5.74, 6) is 0. The molecular weight excluding hydrogens is 332 g/mol. The molecule has 7 heteroatoms. The van der Waals surface area contributed by atoms with Gasteiger partial charge < -0.3 is 4.74 Å². The highest BCUT2D eigenvalue weighted by Gasteiger charge is 2.38. The van der Waals surface area contributed by atoms with Crippen molar-refractivity contribution in [3.63, 3.8) is 0 Å². The summed E-state index contributed by atoms with van der Waals surface area (Å²) in [6.45, 7) is 10.8. The van der Waals surface area contributed by atoms with E-state index in [0.717, 1.165) is 29.0 Å². The van der Waals surface area contributed by atoms with Crippen molar-refractivity contribution >= 4 is 29.5 Å². The molecular formula is C15H28N2O2S2Si. The first-order valence-corrected chi connectivity index (χ1v) is 13.1. The molecule has 2 atom stereocenters. The Bertz CT molecular complexity index is 668. The van der Waals surface area contributed by atoms with Crippen LogP contribution in [0.2, 0.25) is 18.1 Å². The maximum absolute atomic E-state index is 13.2. The van der Waals surface area contributed by atoms with E-state index in [1.807, 2.05) is 0 Å². The van der Waals surface area contributed by atoms with Gasteiger partial charge in [-0.05, 0) is 53.9 Å². The van der Waals surface area contributed by atoms with Crippen LogP contribution in [0.4, 0.5) is 0 Å². The van der Waals surface area contributed by atoms with E-state index < -0.39 is 18.2 Å². The van der Waals surface area contributed by atoms with E-state index in [1.165, 1.54) is 16.9 Å². The number of methoxy groups -OCH3 is 1. The number of rotatable bonds is 3.